The van der Waals surface area contributed by atoms with Crippen LogP contribution in [0.25, 0.3) is 0 Å². The minimum atomic E-state index is 0.456. The second kappa shape index (κ2) is 7.25. The maximum absolute atomic E-state index is 5.48. The predicted octanol–water partition coefficient (Wildman–Crippen LogP) is 1.12. The summed E-state index contributed by atoms with van der Waals surface area (Å²) in [5, 5.41) is 3.37. The van der Waals surface area contributed by atoms with Crippen LogP contribution < -0.4 is 5.32 Å². The van der Waals surface area contributed by atoms with E-state index in [-0.39, 0.29) is 0 Å². The normalized spacial score (nSPS) is 21.6. The Bertz CT molecular complexity index is 161. The van der Waals surface area contributed by atoms with Crippen molar-refractivity contribution in [2.75, 3.05) is 31.2 Å². The minimum Gasteiger partial charge on any atom is -0.377 e. The molecule has 74 valence electrons. The first-order valence-electron chi connectivity index (χ1n) is 4.77. The smallest absolute Gasteiger partial charge is 0.0700 e. The van der Waals surface area contributed by atoms with Gasteiger partial charge in [-0.1, -0.05) is 5.92 Å². The van der Waals surface area contributed by atoms with E-state index in [1.54, 1.807) is 11.8 Å². The Hall–Kier alpha value is -0.170. The number of rotatable bonds is 6. The van der Waals surface area contributed by atoms with Gasteiger partial charge in [0.2, 0.25) is 0 Å². The standard InChI is InChI=1S/C10H17NOS/c1-2-7-13-8-5-11-9-10-4-3-6-12-10/h1,10-11H,3-9H2. The molecule has 1 aliphatic heterocycles. The highest BCUT2D eigenvalue weighted by atomic mass is 32.2. The second-order valence-electron chi connectivity index (χ2n) is 3.10. The van der Waals surface area contributed by atoms with E-state index in [1.807, 2.05) is 0 Å². The van der Waals surface area contributed by atoms with Crippen LogP contribution in [0.1, 0.15) is 12.8 Å². The summed E-state index contributed by atoms with van der Waals surface area (Å²) in [6, 6.07) is 0. The van der Waals surface area contributed by atoms with Crippen LogP contribution in [-0.2, 0) is 4.74 Å². The quantitative estimate of drug-likeness (QED) is 0.512. The summed E-state index contributed by atoms with van der Waals surface area (Å²) >= 11 is 1.80. The minimum absolute atomic E-state index is 0.456. The molecule has 1 aliphatic rings. The Kier molecular flexibility index (Phi) is 6.09. The first-order chi connectivity index (χ1) is 6.43. The van der Waals surface area contributed by atoms with Gasteiger partial charge in [0.05, 0.1) is 11.9 Å². The van der Waals surface area contributed by atoms with Crippen molar-refractivity contribution >= 4 is 11.8 Å². The fourth-order valence-electron chi connectivity index (χ4n) is 1.34. The molecule has 0 aromatic rings. The zero-order chi connectivity index (χ0) is 9.36. The van der Waals surface area contributed by atoms with E-state index in [2.05, 4.69) is 11.2 Å². The summed E-state index contributed by atoms with van der Waals surface area (Å²) < 4.78 is 5.48. The summed E-state index contributed by atoms with van der Waals surface area (Å²) in [7, 11) is 0. The lowest BCUT2D eigenvalue weighted by Gasteiger charge is -2.09. The molecule has 13 heavy (non-hydrogen) atoms. The third-order valence-corrected chi connectivity index (χ3v) is 2.87. The van der Waals surface area contributed by atoms with Crippen molar-refractivity contribution in [2.24, 2.45) is 0 Å². The van der Waals surface area contributed by atoms with Crippen LogP contribution in [0.15, 0.2) is 0 Å². The van der Waals surface area contributed by atoms with Crippen LogP contribution in [-0.4, -0.2) is 37.3 Å². The molecule has 0 spiro atoms. The molecule has 0 bridgehead atoms. The van der Waals surface area contributed by atoms with Crippen LogP contribution in [0.4, 0.5) is 0 Å². The lowest BCUT2D eigenvalue weighted by molar-refractivity contribution is 0.110. The molecule has 1 saturated heterocycles. The van der Waals surface area contributed by atoms with E-state index in [9.17, 15) is 0 Å². The van der Waals surface area contributed by atoms with E-state index in [1.165, 1.54) is 12.8 Å². The summed E-state index contributed by atoms with van der Waals surface area (Å²) in [5.41, 5.74) is 0. The molecule has 1 unspecified atom stereocenters. The Balaban J connectivity index is 1.81. The number of hydrogen-bond donors (Lipinski definition) is 1. The Labute approximate surface area is 84.8 Å². The summed E-state index contributed by atoms with van der Waals surface area (Å²) in [6.45, 7) is 2.97. The first kappa shape index (κ1) is 10.9. The fourth-order valence-corrected chi connectivity index (χ4v) is 1.89. The zero-order valence-corrected chi connectivity index (χ0v) is 8.74. The summed E-state index contributed by atoms with van der Waals surface area (Å²) in [5.74, 6) is 4.53. The fraction of sp³-hybridized carbons (Fsp3) is 0.800. The zero-order valence-electron chi connectivity index (χ0n) is 7.92. The van der Waals surface area contributed by atoms with Gasteiger partial charge in [0.15, 0.2) is 0 Å². The van der Waals surface area contributed by atoms with Crippen molar-refractivity contribution < 1.29 is 4.74 Å². The lowest BCUT2D eigenvalue weighted by atomic mass is 10.2. The van der Waals surface area contributed by atoms with Gasteiger partial charge in [-0.15, -0.1) is 18.2 Å². The molecule has 0 radical (unpaired) electrons. The monoisotopic (exact) mass is 199 g/mol. The molecule has 1 N–H and O–H groups in total. The molecule has 0 amide bonds. The highest BCUT2D eigenvalue weighted by Crippen LogP contribution is 2.10. The highest BCUT2D eigenvalue weighted by molar-refractivity contribution is 7.99. The van der Waals surface area contributed by atoms with Gasteiger partial charge >= 0.3 is 0 Å². The largest absolute Gasteiger partial charge is 0.377 e. The van der Waals surface area contributed by atoms with E-state index < -0.39 is 0 Å². The van der Waals surface area contributed by atoms with E-state index in [0.29, 0.717) is 6.10 Å². The molecule has 1 fully saturated rings. The van der Waals surface area contributed by atoms with Crippen LogP contribution in [0.2, 0.25) is 0 Å². The average molecular weight is 199 g/mol. The van der Waals surface area contributed by atoms with Gasteiger partial charge in [-0.2, -0.15) is 0 Å². The van der Waals surface area contributed by atoms with Crippen LogP contribution in [0.3, 0.4) is 0 Å². The van der Waals surface area contributed by atoms with Gasteiger partial charge in [0.1, 0.15) is 0 Å². The first-order valence-corrected chi connectivity index (χ1v) is 5.92. The van der Waals surface area contributed by atoms with Crippen LogP contribution >= 0.6 is 11.8 Å². The summed E-state index contributed by atoms with van der Waals surface area (Å²) in [6.07, 6.45) is 8.02. The van der Waals surface area contributed by atoms with E-state index >= 15 is 0 Å². The molecule has 1 rings (SSSR count). The summed E-state index contributed by atoms with van der Waals surface area (Å²) in [4.78, 5) is 0. The Morgan fingerprint density at radius 3 is 3.23 bits per heavy atom. The maximum Gasteiger partial charge on any atom is 0.0700 e. The van der Waals surface area contributed by atoms with Crippen molar-refractivity contribution in [3.63, 3.8) is 0 Å². The molecule has 0 aliphatic carbocycles. The van der Waals surface area contributed by atoms with E-state index in [0.717, 1.165) is 31.2 Å². The van der Waals surface area contributed by atoms with E-state index in [4.69, 9.17) is 11.2 Å². The van der Waals surface area contributed by atoms with Crippen LogP contribution in [0, 0.1) is 12.3 Å². The van der Waals surface area contributed by atoms with Gasteiger partial charge in [-0.3, -0.25) is 0 Å². The number of terminal acetylenes is 1. The number of nitrogens with one attached hydrogen (secondary N) is 1. The molecule has 0 aromatic carbocycles. The van der Waals surface area contributed by atoms with Crippen molar-refractivity contribution in [3.05, 3.63) is 0 Å². The number of ether oxygens (including phenoxy) is 1. The molecular formula is C10H17NOS. The van der Waals surface area contributed by atoms with Gasteiger partial charge in [-0.05, 0) is 12.8 Å². The van der Waals surface area contributed by atoms with Gasteiger partial charge in [0, 0.05) is 25.4 Å². The number of hydrogen-bond acceptors (Lipinski definition) is 3. The van der Waals surface area contributed by atoms with Gasteiger partial charge in [-0.25, -0.2) is 0 Å². The SMILES string of the molecule is C#CCSCCNCC1CCCO1. The maximum atomic E-state index is 5.48. The molecule has 0 aromatic heterocycles. The topological polar surface area (TPSA) is 21.3 Å². The molecule has 2 nitrogen and oxygen atoms in total. The molecule has 1 heterocycles. The molecule has 1 atom stereocenters. The lowest BCUT2D eigenvalue weighted by Crippen LogP contribution is -2.27. The van der Waals surface area contributed by atoms with Crippen molar-refractivity contribution in [3.8, 4) is 12.3 Å². The second-order valence-corrected chi connectivity index (χ2v) is 4.20. The van der Waals surface area contributed by atoms with Crippen molar-refractivity contribution in [1.82, 2.24) is 5.32 Å². The Morgan fingerprint density at radius 1 is 1.62 bits per heavy atom. The molecule has 3 heteroatoms. The van der Waals surface area contributed by atoms with Gasteiger partial charge in [0.25, 0.3) is 0 Å². The predicted molar refractivity (Wildman–Crippen MR) is 58.0 cm³/mol. The van der Waals surface area contributed by atoms with Gasteiger partial charge < -0.3 is 10.1 Å². The third kappa shape index (κ3) is 5.20. The Morgan fingerprint density at radius 2 is 2.54 bits per heavy atom. The molecule has 0 saturated carbocycles. The van der Waals surface area contributed by atoms with Crippen molar-refractivity contribution in [2.45, 2.75) is 18.9 Å². The number of thioether (sulfide) groups is 1. The third-order valence-electron chi connectivity index (χ3n) is 2.00. The highest BCUT2D eigenvalue weighted by Gasteiger charge is 2.13. The molecular weight excluding hydrogens is 182 g/mol. The van der Waals surface area contributed by atoms with Crippen LogP contribution in [0.5, 0.6) is 0 Å². The van der Waals surface area contributed by atoms with Crippen molar-refractivity contribution in [1.29, 1.82) is 0 Å². The average Bonchev–Trinajstić information content (AvgIpc) is 2.63.